The summed E-state index contributed by atoms with van der Waals surface area (Å²) in [6, 6.07) is 24.8. The second kappa shape index (κ2) is 8.74. The number of halogens is 3. The van der Waals surface area contributed by atoms with E-state index in [4.69, 9.17) is 0 Å². The summed E-state index contributed by atoms with van der Waals surface area (Å²) >= 11 is 0. The lowest BCUT2D eigenvalue weighted by Crippen LogP contribution is -2.08. The molecular formula is C26H21F3N2. The second-order valence-electron chi connectivity index (χ2n) is 7.26. The largest absolute Gasteiger partial charge is 0.416 e. The van der Waals surface area contributed by atoms with Crippen molar-refractivity contribution in [2.24, 2.45) is 0 Å². The Labute approximate surface area is 179 Å². The molecule has 0 bridgehead atoms. The van der Waals surface area contributed by atoms with Crippen LogP contribution in [0, 0.1) is 0 Å². The maximum absolute atomic E-state index is 13.9. The van der Waals surface area contributed by atoms with Crippen LogP contribution >= 0.6 is 0 Å². The predicted molar refractivity (Wildman–Crippen MR) is 118 cm³/mol. The molecule has 0 aliphatic carbocycles. The highest BCUT2D eigenvalue weighted by molar-refractivity contribution is 5.94. The fourth-order valence-electron chi connectivity index (χ4n) is 3.70. The number of aromatic nitrogens is 1. The van der Waals surface area contributed by atoms with Gasteiger partial charge in [-0.05, 0) is 59.1 Å². The van der Waals surface area contributed by atoms with Crippen molar-refractivity contribution in [3.63, 3.8) is 0 Å². The Bertz CT molecular complexity index is 1170. The molecule has 156 valence electrons. The molecule has 2 nitrogen and oxygen atoms in total. The molecule has 0 saturated carbocycles. The van der Waals surface area contributed by atoms with E-state index < -0.39 is 11.7 Å². The summed E-state index contributed by atoms with van der Waals surface area (Å²) < 4.78 is 41.6. The van der Waals surface area contributed by atoms with Gasteiger partial charge in [-0.25, -0.2) is 0 Å². The van der Waals surface area contributed by atoms with Gasteiger partial charge in [0.2, 0.25) is 0 Å². The standard InChI is InChI=1S/C26H21F3N2/c1-30-17-18-12-13-31-24(14-18)23-16-21(26(27,28)29)15-22(19-8-4-2-5-9-19)25(23)20-10-6-3-7-11-20/h2-16,30H,17H2,1H3. The zero-order valence-electron chi connectivity index (χ0n) is 16.9. The van der Waals surface area contributed by atoms with Crippen LogP contribution in [0.5, 0.6) is 0 Å². The van der Waals surface area contributed by atoms with Gasteiger partial charge < -0.3 is 5.32 Å². The monoisotopic (exact) mass is 418 g/mol. The summed E-state index contributed by atoms with van der Waals surface area (Å²) in [6.45, 7) is 0.598. The first-order valence-electron chi connectivity index (χ1n) is 9.93. The lowest BCUT2D eigenvalue weighted by molar-refractivity contribution is -0.137. The molecule has 0 unspecified atom stereocenters. The molecule has 0 spiro atoms. The van der Waals surface area contributed by atoms with Gasteiger partial charge >= 0.3 is 6.18 Å². The Hall–Kier alpha value is -3.44. The Balaban J connectivity index is 2.08. The van der Waals surface area contributed by atoms with Crippen LogP contribution in [0.4, 0.5) is 13.2 Å². The van der Waals surface area contributed by atoms with Crippen molar-refractivity contribution in [1.29, 1.82) is 0 Å². The van der Waals surface area contributed by atoms with E-state index in [9.17, 15) is 13.2 Å². The summed E-state index contributed by atoms with van der Waals surface area (Å²) in [7, 11) is 1.83. The van der Waals surface area contributed by atoms with E-state index in [-0.39, 0.29) is 0 Å². The molecule has 0 atom stereocenters. The van der Waals surface area contributed by atoms with Gasteiger partial charge in [0.1, 0.15) is 0 Å². The second-order valence-corrected chi connectivity index (χ2v) is 7.26. The number of hydrogen-bond acceptors (Lipinski definition) is 2. The van der Waals surface area contributed by atoms with E-state index in [1.807, 2.05) is 79.8 Å². The number of nitrogens with one attached hydrogen (secondary N) is 1. The molecule has 1 aromatic heterocycles. The van der Waals surface area contributed by atoms with Crippen LogP contribution in [0.2, 0.25) is 0 Å². The number of alkyl halides is 3. The first-order valence-corrected chi connectivity index (χ1v) is 9.93. The Kier molecular flexibility index (Phi) is 5.87. The Morgan fingerprint density at radius 1 is 0.774 bits per heavy atom. The number of nitrogens with zero attached hydrogens (tertiary/aromatic N) is 1. The van der Waals surface area contributed by atoms with Gasteiger partial charge in [0.05, 0.1) is 11.3 Å². The van der Waals surface area contributed by atoms with Crippen LogP contribution in [0.3, 0.4) is 0 Å². The first kappa shape index (κ1) is 20.8. The third-order valence-electron chi connectivity index (χ3n) is 5.09. The fourth-order valence-corrected chi connectivity index (χ4v) is 3.70. The van der Waals surface area contributed by atoms with Crippen molar-refractivity contribution >= 4 is 0 Å². The third-order valence-corrected chi connectivity index (χ3v) is 5.09. The Morgan fingerprint density at radius 3 is 2.00 bits per heavy atom. The summed E-state index contributed by atoms with van der Waals surface area (Å²) in [6.07, 6.45) is -2.84. The van der Waals surface area contributed by atoms with E-state index >= 15 is 0 Å². The van der Waals surface area contributed by atoms with Crippen molar-refractivity contribution in [3.8, 4) is 33.5 Å². The number of benzene rings is 3. The summed E-state index contributed by atoms with van der Waals surface area (Å²) in [5.41, 5.74) is 4.04. The van der Waals surface area contributed by atoms with Gasteiger partial charge in [-0.2, -0.15) is 13.2 Å². The molecule has 0 radical (unpaired) electrons. The van der Waals surface area contributed by atoms with Crippen molar-refractivity contribution in [3.05, 3.63) is 102 Å². The van der Waals surface area contributed by atoms with E-state index in [1.165, 1.54) is 12.1 Å². The van der Waals surface area contributed by atoms with Crippen LogP contribution in [0.15, 0.2) is 91.1 Å². The maximum Gasteiger partial charge on any atom is 0.416 e. The van der Waals surface area contributed by atoms with Gasteiger partial charge in [0.25, 0.3) is 0 Å². The molecule has 0 saturated heterocycles. The van der Waals surface area contributed by atoms with E-state index in [2.05, 4.69) is 10.3 Å². The molecule has 5 heteroatoms. The maximum atomic E-state index is 13.9. The molecule has 0 fully saturated rings. The number of hydrogen-bond donors (Lipinski definition) is 1. The quantitative estimate of drug-likeness (QED) is 0.385. The highest BCUT2D eigenvalue weighted by Crippen LogP contribution is 2.44. The highest BCUT2D eigenvalue weighted by atomic mass is 19.4. The van der Waals surface area contributed by atoms with Crippen LogP contribution in [-0.2, 0) is 12.7 Å². The first-order chi connectivity index (χ1) is 15.0. The van der Waals surface area contributed by atoms with E-state index in [0.717, 1.165) is 22.3 Å². The molecule has 1 N–H and O–H groups in total. The zero-order valence-corrected chi connectivity index (χ0v) is 16.9. The third kappa shape index (κ3) is 4.52. The van der Waals surface area contributed by atoms with Crippen molar-refractivity contribution < 1.29 is 13.2 Å². The lowest BCUT2D eigenvalue weighted by Gasteiger charge is -2.19. The normalized spacial score (nSPS) is 11.5. The average molecular weight is 418 g/mol. The fraction of sp³-hybridized carbons (Fsp3) is 0.115. The minimum Gasteiger partial charge on any atom is -0.316 e. The molecule has 0 aliphatic heterocycles. The summed E-state index contributed by atoms with van der Waals surface area (Å²) in [5.74, 6) is 0. The van der Waals surface area contributed by atoms with E-state index in [1.54, 1.807) is 6.20 Å². The zero-order chi connectivity index (χ0) is 21.8. The van der Waals surface area contributed by atoms with E-state index in [0.29, 0.717) is 23.4 Å². The molecule has 3 aromatic carbocycles. The Morgan fingerprint density at radius 2 is 1.39 bits per heavy atom. The minimum absolute atomic E-state index is 0.456. The lowest BCUT2D eigenvalue weighted by atomic mass is 9.87. The topological polar surface area (TPSA) is 24.9 Å². The van der Waals surface area contributed by atoms with Crippen LogP contribution in [-0.4, -0.2) is 12.0 Å². The smallest absolute Gasteiger partial charge is 0.316 e. The van der Waals surface area contributed by atoms with Gasteiger partial charge in [-0.1, -0.05) is 60.7 Å². The van der Waals surface area contributed by atoms with Crippen molar-refractivity contribution in [1.82, 2.24) is 10.3 Å². The molecule has 31 heavy (non-hydrogen) atoms. The summed E-state index contributed by atoms with van der Waals surface area (Å²) in [5, 5.41) is 3.07. The van der Waals surface area contributed by atoms with Crippen LogP contribution < -0.4 is 5.32 Å². The molecule has 0 amide bonds. The molecule has 0 aliphatic rings. The minimum atomic E-state index is -4.48. The van der Waals surface area contributed by atoms with Crippen molar-refractivity contribution in [2.45, 2.75) is 12.7 Å². The van der Waals surface area contributed by atoms with Gasteiger partial charge in [0.15, 0.2) is 0 Å². The molecule has 1 heterocycles. The SMILES string of the molecule is CNCc1ccnc(-c2cc(C(F)(F)F)cc(-c3ccccc3)c2-c2ccccc2)c1. The average Bonchev–Trinajstić information content (AvgIpc) is 2.79. The number of rotatable bonds is 5. The number of pyridine rings is 1. The van der Waals surface area contributed by atoms with Crippen molar-refractivity contribution in [2.75, 3.05) is 7.05 Å². The van der Waals surface area contributed by atoms with Crippen LogP contribution in [0.25, 0.3) is 33.5 Å². The highest BCUT2D eigenvalue weighted by Gasteiger charge is 2.33. The van der Waals surface area contributed by atoms with Gasteiger partial charge in [0, 0.05) is 18.3 Å². The van der Waals surface area contributed by atoms with Gasteiger partial charge in [-0.3, -0.25) is 4.98 Å². The summed E-state index contributed by atoms with van der Waals surface area (Å²) in [4.78, 5) is 4.44. The van der Waals surface area contributed by atoms with Crippen LogP contribution in [0.1, 0.15) is 11.1 Å². The molecule has 4 rings (SSSR count). The van der Waals surface area contributed by atoms with Gasteiger partial charge in [-0.15, -0.1) is 0 Å². The predicted octanol–water partition coefficient (Wildman–Crippen LogP) is 6.82. The molecular weight excluding hydrogens is 397 g/mol. The molecule has 4 aromatic rings.